The standard InChI is InChI=1S/C18H22N6O2S/c1-23(2)8-9-24-11-14(10-19-24)20-17(25)16-12-27-18(22-16)21-13-4-6-15(26-3)7-5-13/h4-7,10-12H,8-9H2,1-3H3,(H,20,25)(H,21,22). The third-order valence-corrected chi connectivity index (χ3v) is 4.50. The molecule has 0 saturated carbocycles. The number of nitrogens with one attached hydrogen (secondary N) is 2. The highest BCUT2D eigenvalue weighted by Gasteiger charge is 2.12. The predicted octanol–water partition coefficient (Wildman–Crippen LogP) is 2.91. The SMILES string of the molecule is COc1ccc(Nc2nc(C(=O)Nc3cnn(CCN(C)C)c3)cs2)cc1. The number of likely N-dealkylation sites (N-methyl/N-ethyl adjacent to an activating group) is 1. The molecule has 0 spiro atoms. The highest BCUT2D eigenvalue weighted by atomic mass is 32.1. The fourth-order valence-electron chi connectivity index (χ4n) is 2.28. The van der Waals surface area contributed by atoms with Gasteiger partial charge in [-0.05, 0) is 38.4 Å². The number of methoxy groups -OCH3 is 1. The molecule has 2 N–H and O–H groups in total. The van der Waals surface area contributed by atoms with Crippen molar-refractivity contribution in [3.05, 3.63) is 47.7 Å². The Bertz CT molecular complexity index is 887. The van der Waals surface area contributed by atoms with Gasteiger partial charge in [0.25, 0.3) is 5.91 Å². The summed E-state index contributed by atoms with van der Waals surface area (Å²) in [6.07, 6.45) is 3.45. The van der Waals surface area contributed by atoms with Gasteiger partial charge in [-0.3, -0.25) is 9.48 Å². The normalized spacial score (nSPS) is 10.8. The van der Waals surface area contributed by atoms with Crippen LogP contribution in [0.1, 0.15) is 10.5 Å². The first-order valence-electron chi connectivity index (χ1n) is 8.38. The average Bonchev–Trinajstić information content (AvgIpc) is 3.30. The van der Waals surface area contributed by atoms with Gasteiger partial charge in [0.2, 0.25) is 0 Å². The molecular weight excluding hydrogens is 364 g/mol. The summed E-state index contributed by atoms with van der Waals surface area (Å²) < 4.78 is 6.94. The molecule has 2 aromatic heterocycles. The first-order valence-corrected chi connectivity index (χ1v) is 9.26. The van der Waals surface area contributed by atoms with E-state index in [2.05, 4.69) is 25.6 Å². The molecule has 27 heavy (non-hydrogen) atoms. The summed E-state index contributed by atoms with van der Waals surface area (Å²) in [7, 11) is 5.64. The third kappa shape index (κ3) is 5.28. The van der Waals surface area contributed by atoms with Gasteiger partial charge < -0.3 is 20.3 Å². The van der Waals surface area contributed by atoms with Crippen LogP contribution in [-0.4, -0.2) is 53.3 Å². The van der Waals surface area contributed by atoms with Crippen LogP contribution in [0.4, 0.5) is 16.5 Å². The van der Waals surface area contributed by atoms with E-state index in [0.29, 0.717) is 16.5 Å². The van der Waals surface area contributed by atoms with Gasteiger partial charge in [-0.2, -0.15) is 5.10 Å². The van der Waals surface area contributed by atoms with Crippen LogP contribution < -0.4 is 15.4 Å². The van der Waals surface area contributed by atoms with E-state index < -0.39 is 0 Å². The number of amides is 1. The van der Waals surface area contributed by atoms with Gasteiger partial charge in [-0.15, -0.1) is 11.3 Å². The van der Waals surface area contributed by atoms with Crippen LogP contribution >= 0.6 is 11.3 Å². The van der Waals surface area contributed by atoms with Gasteiger partial charge in [-0.25, -0.2) is 4.98 Å². The highest BCUT2D eigenvalue weighted by molar-refractivity contribution is 7.14. The van der Waals surface area contributed by atoms with E-state index >= 15 is 0 Å². The predicted molar refractivity (Wildman–Crippen MR) is 107 cm³/mol. The molecule has 0 fully saturated rings. The van der Waals surface area contributed by atoms with Crippen LogP contribution in [0.15, 0.2) is 42.0 Å². The molecule has 0 aliphatic heterocycles. The lowest BCUT2D eigenvalue weighted by molar-refractivity contribution is 0.102. The van der Waals surface area contributed by atoms with Gasteiger partial charge in [0.1, 0.15) is 11.4 Å². The minimum Gasteiger partial charge on any atom is -0.497 e. The molecule has 142 valence electrons. The van der Waals surface area contributed by atoms with Crippen LogP contribution in [-0.2, 0) is 6.54 Å². The quantitative estimate of drug-likeness (QED) is 0.619. The molecule has 0 atom stereocenters. The van der Waals surface area contributed by atoms with Crippen molar-refractivity contribution in [2.24, 2.45) is 0 Å². The number of ether oxygens (including phenoxy) is 1. The Balaban J connectivity index is 1.57. The summed E-state index contributed by atoms with van der Waals surface area (Å²) in [6.45, 7) is 1.64. The monoisotopic (exact) mass is 386 g/mol. The summed E-state index contributed by atoms with van der Waals surface area (Å²) in [6, 6.07) is 7.50. The number of benzene rings is 1. The summed E-state index contributed by atoms with van der Waals surface area (Å²) in [5, 5.41) is 12.6. The number of rotatable bonds is 8. The largest absolute Gasteiger partial charge is 0.497 e. The van der Waals surface area contributed by atoms with E-state index in [0.717, 1.165) is 24.5 Å². The number of nitrogens with zero attached hydrogens (tertiary/aromatic N) is 4. The zero-order chi connectivity index (χ0) is 19.2. The topological polar surface area (TPSA) is 84.3 Å². The van der Waals surface area contributed by atoms with Gasteiger partial charge in [0, 0.05) is 23.8 Å². The van der Waals surface area contributed by atoms with Crippen LogP contribution in [0, 0.1) is 0 Å². The van der Waals surface area contributed by atoms with Crippen LogP contribution in [0.3, 0.4) is 0 Å². The van der Waals surface area contributed by atoms with Crippen LogP contribution in [0.2, 0.25) is 0 Å². The second kappa shape index (κ2) is 8.65. The number of hydrogen-bond donors (Lipinski definition) is 2. The number of thiazole rings is 1. The molecule has 0 aliphatic carbocycles. The molecule has 0 unspecified atom stereocenters. The van der Waals surface area contributed by atoms with Crippen molar-refractivity contribution in [3.8, 4) is 5.75 Å². The fourth-order valence-corrected chi connectivity index (χ4v) is 2.99. The molecule has 0 radical (unpaired) electrons. The Morgan fingerprint density at radius 1 is 1.26 bits per heavy atom. The maximum Gasteiger partial charge on any atom is 0.275 e. The first-order chi connectivity index (χ1) is 13.0. The molecule has 0 bridgehead atoms. The lowest BCUT2D eigenvalue weighted by Crippen LogP contribution is -2.18. The Morgan fingerprint density at radius 3 is 2.74 bits per heavy atom. The molecule has 1 amide bonds. The summed E-state index contributed by atoms with van der Waals surface area (Å²) in [5.74, 6) is 0.520. The minimum atomic E-state index is -0.263. The van der Waals surface area contributed by atoms with Crippen molar-refractivity contribution in [2.75, 3.05) is 38.4 Å². The first kappa shape index (κ1) is 18.9. The molecular formula is C18H22N6O2S. The van der Waals surface area contributed by atoms with Crippen molar-refractivity contribution in [3.63, 3.8) is 0 Å². The smallest absolute Gasteiger partial charge is 0.275 e. The lowest BCUT2D eigenvalue weighted by Gasteiger charge is -2.08. The van der Waals surface area contributed by atoms with E-state index in [9.17, 15) is 4.79 Å². The molecule has 1 aromatic carbocycles. The van der Waals surface area contributed by atoms with Crippen molar-refractivity contribution >= 4 is 33.8 Å². The molecule has 3 aromatic rings. The molecule has 2 heterocycles. The Hall–Kier alpha value is -2.91. The molecule has 3 rings (SSSR count). The fraction of sp³-hybridized carbons (Fsp3) is 0.278. The Kier molecular flexibility index (Phi) is 6.05. The Labute approximate surface area is 161 Å². The maximum atomic E-state index is 12.4. The minimum absolute atomic E-state index is 0.263. The van der Waals surface area contributed by atoms with E-state index in [-0.39, 0.29) is 5.91 Å². The number of carbonyl (C=O) groups is 1. The summed E-state index contributed by atoms with van der Waals surface area (Å²) >= 11 is 1.37. The number of carbonyl (C=O) groups excluding carboxylic acids is 1. The summed E-state index contributed by atoms with van der Waals surface area (Å²) in [5.41, 5.74) is 1.88. The second-order valence-electron chi connectivity index (χ2n) is 6.14. The lowest BCUT2D eigenvalue weighted by atomic mass is 10.3. The second-order valence-corrected chi connectivity index (χ2v) is 7.00. The number of hydrogen-bond acceptors (Lipinski definition) is 7. The van der Waals surface area contributed by atoms with E-state index in [1.807, 2.05) is 44.6 Å². The number of anilines is 3. The molecule has 8 nitrogen and oxygen atoms in total. The zero-order valence-corrected chi connectivity index (χ0v) is 16.3. The molecule has 0 saturated heterocycles. The zero-order valence-electron chi connectivity index (χ0n) is 15.5. The van der Waals surface area contributed by atoms with E-state index in [4.69, 9.17) is 4.74 Å². The summed E-state index contributed by atoms with van der Waals surface area (Å²) in [4.78, 5) is 18.8. The molecule has 0 aliphatic rings. The van der Waals surface area contributed by atoms with Gasteiger partial charge in [0.15, 0.2) is 5.13 Å². The van der Waals surface area contributed by atoms with Gasteiger partial charge in [0.05, 0.1) is 25.5 Å². The van der Waals surface area contributed by atoms with Crippen LogP contribution in [0.5, 0.6) is 5.75 Å². The average molecular weight is 386 g/mol. The van der Waals surface area contributed by atoms with Crippen molar-refractivity contribution in [2.45, 2.75) is 6.54 Å². The third-order valence-electron chi connectivity index (χ3n) is 3.75. The Morgan fingerprint density at radius 2 is 2.04 bits per heavy atom. The number of aromatic nitrogens is 3. The van der Waals surface area contributed by atoms with Gasteiger partial charge >= 0.3 is 0 Å². The van der Waals surface area contributed by atoms with Crippen molar-refractivity contribution in [1.82, 2.24) is 19.7 Å². The van der Waals surface area contributed by atoms with Gasteiger partial charge in [-0.1, -0.05) is 0 Å². The van der Waals surface area contributed by atoms with Crippen molar-refractivity contribution < 1.29 is 9.53 Å². The molecule has 9 heteroatoms. The van der Waals surface area contributed by atoms with E-state index in [1.54, 1.807) is 23.4 Å². The van der Waals surface area contributed by atoms with E-state index in [1.165, 1.54) is 11.3 Å². The van der Waals surface area contributed by atoms with Crippen molar-refractivity contribution in [1.29, 1.82) is 0 Å². The maximum absolute atomic E-state index is 12.4. The highest BCUT2D eigenvalue weighted by Crippen LogP contribution is 2.23. The van der Waals surface area contributed by atoms with Crippen LogP contribution in [0.25, 0.3) is 0 Å².